The molecule has 1 unspecified atom stereocenters. The summed E-state index contributed by atoms with van der Waals surface area (Å²) >= 11 is 0. The van der Waals surface area contributed by atoms with E-state index in [-0.39, 0.29) is 75.5 Å². The van der Waals surface area contributed by atoms with E-state index in [1.54, 1.807) is 4.90 Å². The largest absolute Gasteiger partial charge is 0.446 e. The predicted molar refractivity (Wildman–Crippen MR) is 191 cm³/mol. The van der Waals surface area contributed by atoms with Crippen molar-refractivity contribution in [3.05, 3.63) is 0 Å². The number of hydrogen-bond acceptors (Lipinski definition) is 7. The topological polar surface area (TPSA) is 101 Å². The molecule has 9 heteroatoms. The quantitative estimate of drug-likeness (QED) is 0.305. The Balaban J connectivity index is 0.978. The van der Waals surface area contributed by atoms with Gasteiger partial charge < -0.3 is 34.4 Å². The van der Waals surface area contributed by atoms with Gasteiger partial charge in [-0.15, -0.1) is 0 Å². The number of amides is 2. The number of hydrogen-bond donors (Lipinski definition) is 2. The zero-order valence-electron chi connectivity index (χ0n) is 32.3. The van der Waals surface area contributed by atoms with Crippen LogP contribution in [0.1, 0.15) is 113 Å². The molecular formula is C41H67N3O6. The van der Waals surface area contributed by atoms with Crippen molar-refractivity contribution in [3.63, 3.8) is 0 Å². The zero-order chi connectivity index (χ0) is 35.6. The smallest absolute Gasteiger partial charge is 0.410 e. The van der Waals surface area contributed by atoms with Crippen LogP contribution in [0.2, 0.25) is 0 Å². The number of nitrogens with one attached hydrogen (secondary N) is 1. The zero-order valence-corrected chi connectivity index (χ0v) is 32.3. The molecule has 8 fully saturated rings. The lowest BCUT2D eigenvalue weighted by atomic mass is 9.41. The van der Waals surface area contributed by atoms with Crippen LogP contribution < -0.4 is 5.32 Å². The molecule has 50 heavy (non-hydrogen) atoms. The number of fused-ring (bicyclic) bond motifs is 4. The Morgan fingerprint density at radius 1 is 0.980 bits per heavy atom. The lowest BCUT2D eigenvalue weighted by Crippen LogP contribution is -2.60. The van der Waals surface area contributed by atoms with Crippen molar-refractivity contribution in [2.24, 2.45) is 62.6 Å². The summed E-state index contributed by atoms with van der Waals surface area (Å²) in [5.41, 5.74) is 0.159. The minimum Gasteiger partial charge on any atom is -0.446 e. The molecule has 282 valence electrons. The molecule has 5 aliphatic carbocycles. The number of likely N-dealkylation sites (tertiary alicyclic amines) is 2. The molecule has 8 aliphatic rings. The van der Waals surface area contributed by atoms with E-state index in [2.05, 4.69) is 65.6 Å². The second-order valence-electron chi connectivity index (χ2n) is 20.2. The third-order valence-corrected chi connectivity index (χ3v) is 17.2. The molecule has 0 radical (unpaired) electrons. The fourth-order valence-corrected chi connectivity index (χ4v) is 14.6. The number of ether oxygens (including phenoxy) is 3. The average Bonchev–Trinajstić information content (AvgIpc) is 3.64. The molecule has 0 bridgehead atoms. The van der Waals surface area contributed by atoms with E-state index in [0.29, 0.717) is 24.3 Å². The molecule has 2 spiro atoms. The summed E-state index contributed by atoms with van der Waals surface area (Å²) in [6.07, 6.45) is 7.93. The molecule has 3 heterocycles. The Morgan fingerprint density at radius 2 is 1.68 bits per heavy atom. The van der Waals surface area contributed by atoms with Crippen LogP contribution in [0, 0.1) is 62.6 Å². The van der Waals surface area contributed by atoms with Crippen molar-refractivity contribution in [1.82, 2.24) is 15.1 Å². The van der Waals surface area contributed by atoms with Crippen molar-refractivity contribution < 1.29 is 28.9 Å². The molecular weight excluding hydrogens is 630 g/mol. The lowest BCUT2D eigenvalue weighted by molar-refractivity contribution is -0.185. The molecule has 2 N–H and O–H groups in total. The fourth-order valence-electron chi connectivity index (χ4n) is 14.6. The summed E-state index contributed by atoms with van der Waals surface area (Å²) in [4.78, 5) is 30.1. The van der Waals surface area contributed by atoms with Gasteiger partial charge in [-0.25, -0.2) is 9.59 Å². The first kappa shape index (κ1) is 35.4. The van der Waals surface area contributed by atoms with Crippen LogP contribution in [-0.2, 0) is 14.2 Å². The second kappa shape index (κ2) is 12.0. The number of aliphatic hydroxyl groups is 1. The van der Waals surface area contributed by atoms with E-state index in [1.165, 1.54) is 12.8 Å². The van der Waals surface area contributed by atoms with Gasteiger partial charge in [-0.1, -0.05) is 55.4 Å². The van der Waals surface area contributed by atoms with Crippen LogP contribution >= 0.6 is 0 Å². The minimum absolute atomic E-state index is 0.0162. The maximum Gasteiger partial charge on any atom is 0.410 e. The van der Waals surface area contributed by atoms with Crippen molar-refractivity contribution in [3.8, 4) is 0 Å². The molecule has 9 nitrogen and oxygen atoms in total. The van der Waals surface area contributed by atoms with E-state index < -0.39 is 6.10 Å². The predicted octanol–water partition coefficient (Wildman–Crippen LogP) is 6.71. The maximum absolute atomic E-state index is 13.0. The average molecular weight is 698 g/mol. The number of carbonyl (C=O) groups excluding carboxylic acids is 2. The Morgan fingerprint density at radius 3 is 2.34 bits per heavy atom. The third-order valence-electron chi connectivity index (χ3n) is 17.2. The minimum atomic E-state index is -0.547. The van der Waals surface area contributed by atoms with Gasteiger partial charge in [0.15, 0.2) is 0 Å². The molecule has 5 saturated carbocycles. The highest BCUT2D eigenvalue weighted by Gasteiger charge is 2.84. The second-order valence-corrected chi connectivity index (χ2v) is 20.2. The molecule has 8 rings (SSSR count). The SMILES string of the molecule is CC1CN(CCNC(=O)O[C@H]2CC[C@]34CC35CC[C@]3(C)[C@@H]6[C@H](O[C@@H]([C@H](OC(=O)N7CCC7)C(C)C)C[C@H]6C)[C@H](O)[C@@]3(C)[C@@H]5CC[C@H]4C2(C)C)C1. The van der Waals surface area contributed by atoms with Crippen molar-refractivity contribution >= 4 is 12.2 Å². The first-order valence-corrected chi connectivity index (χ1v) is 20.5. The van der Waals surface area contributed by atoms with Gasteiger partial charge in [0.05, 0.1) is 18.3 Å². The number of carbonyl (C=O) groups is 2. The van der Waals surface area contributed by atoms with Crippen molar-refractivity contribution in [2.75, 3.05) is 39.3 Å². The highest BCUT2D eigenvalue weighted by Crippen LogP contribution is 2.89. The van der Waals surface area contributed by atoms with Crippen LogP contribution in [0.3, 0.4) is 0 Å². The number of rotatable bonds is 7. The van der Waals surface area contributed by atoms with Crippen LogP contribution in [0.25, 0.3) is 0 Å². The molecule has 0 aromatic rings. The summed E-state index contributed by atoms with van der Waals surface area (Å²) in [5, 5.41) is 15.7. The van der Waals surface area contributed by atoms with E-state index >= 15 is 0 Å². The summed E-state index contributed by atoms with van der Waals surface area (Å²) in [5.74, 6) is 2.51. The van der Waals surface area contributed by atoms with Gasteiger partial charge in [-0.3, -0.25) is 0 Å². The molecule has 0 aromatic carbocycles. The van der Waals surface area contributed by atoms with E-state index in [1.807, 2.05) is 0 Å². The summed E-state index contributed by atoms with van der Waals surface area (Å²) in [6, 6.07) is 0. The van der Waals surface area contributed by atoms with Gasteiger partial charge in [0.25, 0.3) is 0 Å². The Labute approximate surface area is 301 Å². The van der Waals surface area contributed by atoms with Gasteiger partial charge in [-0.2, -0.15) is 0 Å². The normalized spacial score (nSPS) is 48.1. The first-order valence-electron chi connectivity index (χ1n) is 20.5. The number of alkyl carbamates (subject to hydrolysis) is 1. The summed E-state index contributed by atoms with van der Waals surface area (Å²) in [6.45, 7) is 23.9. The van der Waals surface area contributed by atoms with E-state index in [4.69, 9.17) is 14.2 Å². The van der Waals surface area contributed by atoms with Crippen LogP contribution in [-0.4, -0.2) is 96.9 Å². The van der Waals surface area contributed by atoms with Crippen LogP contribution in [0.4, 0.5) is 9.59 Å². The van der Waals surface area contributed by atoms with Crippen molar-refractivity contribution in [1.29, 1.82) is 0 Å². The molecule has 13 atom stereocenters. The number of nitrogens with zero attached hydrogens (tertiary/aromatic N) is 2. The molecule has 3 saturated heterocycles. The highest BCUT2D eigenvalue weighted by molar-refractivity contribution is 5.68. The molecule has 2 amide bonds. The standard InChI is InChI=1S/C41H67N3O6/c1-24(2)32(50-36(47)44-17-9-18-44)27-20-26(4)31-33(48-27)34(45)39(8)29-11-10-28-37(5,6)30(49-35(46)42-16-19-43-21-25(3)22-43)12-13-40(28)23-41(29,40)15-14-38(31,39)7/h24-34,45H,9-23H2,1-8H3,(H,42,46)/t26-,27-,28+,29+,30+,31+,32-,33+,34+,38-,39-,40-,41?/m1/s1. The van der Waals surface area contributed by atoms with Gasteiger partial charge >= 0.3 is 12.2 Å². The van der Waals surface area contributed by atoms with Crippen LogP contribution in [0.5, 0.6) is 0 Å². The summed E-state index contributed by atoms with van der Waals surface area (Å²) in [7, 11) is 0. The van der Waals surface area contributed by atoms with Gasteiger partial charge in [0, 0.05) is 50.1 Å². The molecule has 0 aromatic heterocycles. The fraction of sp³-hybridized carbons (Fsp3) is 0.951. The maximum atomic E-state index is 13.0. The third kappa shape index (κ3) is 4.86. The number of aliphatic hydroxyl groups excluding tert-OH is 1. The van der Waals surface area contributed by atoms with E-state index in [9.17, 15) is 14.7 Å². The highest BCUT2D eigenvalue weighted by atomic mass is 16.6. The Bertz CT molecular complexity index is 1350. The van der Waals surface area contributed by atoms with E-state index in [0.717, 1.165) is 83.6 Å². The van der Waals surface area contributed by atoms with Gasteiger partial charge in [0.2, 0.25) is 0 Å². The molecule has 3 aliphatic heterocycles. The Kier molecular flexibility index (Phi) is 8.48. The van der Waals surface area contributed by atoms with Crippen molar-refractivity contribution in [2.45, 2.75) is 144 Å². The van der Waals surface area contributed by atoms with Crippen LogP contribution in [0.15, 0.2) is 0 Å². The Hall–Kier alpha value is -1.58. The summed E-state index contributed by atoms with van der Waals surface area (Å²) < 4.78 is 19.4. The van der Waals surface area contributed by atoms with Gasteiger partial charge in [0.1, 0.15) is 12.2 Å². The first-order chi connectivity index (χ1) is 23.6. The monoisotopic (exact) mass is 698 g/mol. The lowest BCUT2D eigenvalue weighted by Gasteiger charge is -2.63. The van der Waals surface area contributed by atoms with Gasteiger partial charge in [-0.05, 0) is 110 Å².